The first kappa shape index (κ1) is 31.3. The number of Topliss-reactive ketones (excluding diaryl/α,β-unsaturated/α-hetero) is 2. The highest BCUT2D eigenvalue weighted by molar-refractivity contribution is 6.24. The lowest BCUT2D eigenvalue weighted by molar-refractivity contribution is -0.153. The summed E-state index contributed by atoms with van der Waals surface area (Å²) < 4.78 is 37.5. The van der Waals surface area contributed by atoms with Crippen molar-refractivity contribution in [2.24, 2.45) is 17.6 Å². The number of anilines is 1. The van der Waals surface area contributed by atoms with Gasteiger partial charge in [0.1, 0.15) is 22.8 Å². The van der Waals surface area contributed by atoms with E-state index in [4.69, 9.17) is 5.73 Å². The maximum Gasteiger partial charge on any atom is 0.389 e. The highest BCUT2D eigenvalue weighted by atomic mass is 19.4. The number of nitrogens with two attached hydrogens (primary N) is 1. The van der Waals surface area contributed by atoms with Gasteiger partial charge in [-0.3, -0.25) is 19.3 Å². The van der Waals surface area contributed by atoms with Crippen molar-refractivity contribution in [3.63, 3.8) is 0 Å². The molecule has 4 rings (SSSR count). The number of likely N-dealkylation sites (N-methyl/N-ethyl adjacent to an activating group) is 1. The van der Waals surface area contributed by atoms with Crippen LogP contribution in [0, 0.1) is 11.8 Å². The number of hydrogen-bond donors (Lipinski definition) is 6. The zero-order valence-corrected chi connectivity index (χ0v) is 23.7. The van der Waals surface area contributed by atoms with Gasteiger partial charge < -0.3 is 36.4 Å². The molecular formula is C28H35F3N4O7. The van der Waals surface area contributed by atoms with Gasteiger partial charge in [-0.1, -0.05) is 0 Å². The number of aromatic hydroxyl groups is 1. The number of alkyl halides is 3. The van der Waals surface area contributed by atoms with Crippen LogP contribution in [-0.4, -0.2) is 95.4 Å². The number of carbonyl (C=O) groups is 3. The molecule has 1 amide bonds. The molecule has 3 aliphatic rings. The van der Waals surface area contributed by atoms with Gasteiger partial charge in [0.15, 0.2) is 11.4 Å². The Labute approximate surface area is 240 Å². The van der Waals surface area contributed by atoms with Crippen LogP contribution in [0.25, 0.3) is 5.76 Å². The van der Waals surface area contributed by atoms with Crippen molar-refractivity contribution in [3.8, 4) is 5.75 Å². The number of carbonyl (C=O) groups excluding carboxylic acids is 3. The van der Waals surface area contributed by atoms with E-state index in [-0.39, 0.29) is 49.1 Å². The molecule has 0 aliphatic heterocycles. The first-order valence-corrected chi connectivity index (χ1v) is 13.4. The fourth-order valence-electron chi connectivity index (χ4n) is 6.52. The summed E-state index contributed by atoms with van der Waals surface area (Å²) in [6, 6.07) is 0.458. The van der Waals surface area contributed by atoms with Gasteiger partial charge in [0.2, 0.25) is 5.78 Å². The SMILES string of the molecule is CN(C)c1cc(CNCCCC(F)(F)F)c(O)c2c1C[C@H]1C[C@H]3[C@H](N(C)C)C(=O)C(C(N)=O)=C(O)[C@@]3(O)C(=O)C1=C2O. The van der Waals surface area contributed by atoms with E-state index in [0.29, 0.717) is 11.3 Å². The number of benzene rings is 1. The summed E-state index contributed by atoms with van der Waals surface area (Å²) in [6.45, 7) is -0.0309. The maximum atomic E-state index is 14.0. The lowest BCUT2D eigenvalue weighted by Gasteiger charge is -2.50. The molecule has 1 aromatic carbocycles. The number of phenolic OH excluding ortho intramolecular Hbond substituents is 1. The van der Waals surface area contributed by atoms with E-state index in [1.165, 1.54) is 19.0 Å². The van der Waals surface area contributed by atoms with Gasteiger partial charge in [-0.15, -0.1) is 0 Å². The Morgan fingerprint density at radius 1 is 1.17 bits per heavy atom. The van der Waals surface area contributed by atoms with Crippen LogP contribution in [0.4, 0.5) is 18.9 Å². The summed E-state index contributed by atoms with van der Waals surface area (Å²) in [5.74, 6) is -7.39. The predicted molar refractivity (Wildman–Crippen MR) is 146 cm³/mol. The van der Waals surface area contributed by atoms with Crippen LogP contribution in [0.3, 0.4) is 0 Å². The molecule has 1 fully saturated rings. The third-order valence-electron chi connectivity index (χ3n) is 8.39. The first-order valence-electron chi connectivity index (χ1n) is 13.4. The Hall–Kier alpha value is -3.62. The molecular weight excluding hydrogens is 561 g/mol. The number of rotatable bonds is 8. The number of ketones is 2. The van der Waals surface area contributed by atoms with Gasteiger partial charge in [0.05, 0.1) is 11.6 Å². The number of nitrogens with zero attached hydrogens (tertiary/aromatic N) is 2. The van der Waals surface area contributed by atoms with Crippen molar-refractivity contribution in [2.75, 3.05) is 39.6 Å². The maximum absolute atomic E-state index is 14.0. The first-order chi connectivity index (χ1) is 19.4. The van der Waals surface area contributed by atoms with Gasteiger partial charge in [-0.25, -0.2) is 0 Å². The van der Waals surface area contributed by atoms with E-state index >= 15 is 0 Å². The topological polar surface area (TPSA) is 177 Å². The predicted octanol–water partition coefficient (Wildman–Crippen LogP) is 1.46. The average Bonchev–Trinajstić information content (AvgIpc) is 2.85. The number of nitrogens with one attached hydrogen (secondary N) is 1. The van der Waals surface area contributed by atoms with Crippen LogP contribution >= 0.6 is 0 Å². The summed E-state index contributed by atoms with van der Waals surface area (Å²) in [4.78, 5) is 42.5. The molecule has 0 radical (unpaired) electrons. The number of phenols is 1. The molecule has 7 N–H and O–H groups in total. The monoisotopic (exact) mass is 596 g/mol. The molecule has 1 aromatic rings. The largest absolute Gasteiger partial charge is 0.508 e. The zero-order valence-electron chi connectivity index (χ0n) is 23.7. The van der Waals surface area contributed by atoms with Gasteiger partial charge in [0.25, 0.3) is 5.91 Å². The van der Waals surface area contributed by atoms with Gasteiger partial charge in [-0.2, -0.15) is 13.2 Å². The Bertz CT molecular complexity index is 1400. The van der Waals surface area contributed by atoms with Gasteiger partial charge >= 0.3 is 6.18 Å². The van der Waals surface area contributed by atoms with Crippen LogP contribution in [-0.2, 0) is 27.3 Å². The summed E-state index contributed by atoms with van der Waals surface area (Å²) in [7, 11) is 6.50. The Morgan fingerprint density at radius 3 is 2.36 bits per heavy atom. The highest BCUT2D eigenvalue weighted by Crippen LogP contribution is 2.54. The van der Waals surface area contributed by atoms with E-state index in [0.717, 1.165) is 0 Å². The standard InChI is InChI=1S/C28H35F3N4O7/c1-34(2)16-10-13(11-33-7-5-6-27(29,30)31)21(36)18-14(16)8-12-9-15-20(35(3)4)23(38)19(26(32)41)25(40)28(15,42)24(39)17(12)22(18)37/h10,12,15,20,33,36-37,40,42H,5-9,11H2,1-4H3,(H2,32,41)/t12-,15-,20-,28-/m0/s1. The third-order valence-corrected chi connectivity index (χ3v) is 8.39. The number of amides is 1. The molecule has 3 aliphatic carbocycles. The van der Waals surface area contributed by atoms with Crippen molar-refractivity contribution in [1.82, 2.24) is 10.2 Å². The highest BCUT2D eigenvalue weighted by Gasteiger charge is 2.64. The van der Waals surface area contributed by atoms with Crippen LogP contribution in [0.1, 0.15) is 36.0 Å². The second-order valence-corrected chi connectivity index (χ2v) is 11.5. The van der Waals surface area contributed by atoms with Crippen LogP contribution in [0.5, 0.6) is 5.75 Å². The van der Waals surface area contributed by atoms with Crippen molar-refractivity contribution >= 4 is 28.9 Å². The molecule has 0 spiro atoms. The molecule has 230 valence electrons. The molecule has 0 unspecified atom stereocenters. The number of halogens is 3. The second-order valence-electron chi connectivity index (χ2n) is 11.5. The minimum Gasteiger partial charge on any atom is -0.508 e. The van der Waals surface area contributed by atoms with Gasteiger partial charge in [0, 0.05) is 49.8 Å². The Morgan fingerprint density at radius 2 is 1.81 bits per heavy atom. The van der Waals surface area contributed by atoms with Crippen LogP contribution in [0.2, 0.25) is 0 Å². The van der Waals surface area contributed by atoms with Crippen molar-refractivity contribution < 1.29 is 48.0 Å². The molecule has 1 saturated carbocycles. The average molecular weight is 597 g/mol. The zero-order chi connectivity index (χ0) is 31.5. The van der Waals surface area contributed by atoms with Crippen molar-refractivity contribution in [3.05, 3.63) is 39.7 Å². The smallest absolute Gasteiger partial charge is 0.389 e. The van der Waals surface area contributed by atoms with Gasteiger partial charge in [-0.05, 0) is 57.5 Å². The normalized spacial score (nSPS) is 25.9. The molecule has 4 atom stereocenters. The Balaban J connectivity index is 1.82. The molecule has 0 bridgehead atoms. The molecule has 0 aromatic heterocycles. The fraction of sp³-hybridized carbons (Fsp3) is 0.536. The number of primary amides is 1. The number of hydrogen-bond acceptors (Lipinski definition) is 10. The quantitative estimate of drug-likeness (QED) is 0.190. The lowest BCUT2D eigenvalue weighted by Crippen LogP contribution is -2.65. The molecule has 42 heavy (non-hydrogen) atoms. The summed E-state index contributed by atoms with van der Waals surface area (Å²) in [5.41, 5.74) is 2.66. The van der Waals surface area contributed by atoms with E-state index in [9.17, 15) is 48.0 Å². The van der Waals surface area contributed by atoms with E-state index < -0.39 is 76.4 Å². The summed E-state index contributed by atoms with van der Waals surface area (Å²) >= 11 is 0. The number of aliphatic hydroxyl groups is 3. The van der Waals surface area contributed by atoms with E-state index in [1.807, 2.05) is 0 Å². The molecule has 0 saturated heterocycles. The minimum atomic E-state index is -4.29. The second kappa shape index (κ2) is 10.9. The molecule has 0 heterocycles. The van der Waals surface area contributed by atoms with Crippen LogP contribution < -0.4 is 16.0 Å². The third kappa shape index (κ3) is 5.01. The lowest BCUT2D eigenvalue weighted by atomic mass is 9.57. The summed E-state index contributed by atoms with van der Waals surface area (Å²) in [6.07, 6.45) is -5.37. The Kier molecular flexibility index (Phi) is 8.13. The minimum absolute atomic E-state index is 0.00888. The van der Waals surface area contributed by atoms with Crippen molar-refractivity contribution in [2.45, 2.75) is 50.0 Å². The van der Waals surface area contributed by atoms with Crippen LogP contribution in [0.15, 0.2) is 23.0 Å². The fourth-order valence-corrected chi connectivity index (χ4v) is 6.52. The molecule has 11 nitrogen and oxygen atoms in total. The summed E-state index contributed by atoms with van der Waals surface area (Å²) in [5, 5.41) is 48.2. The number of aliphatic hydroxyl groups excluding tert-OH is 2. The molecule has 14 heteroatoms. The van der Waals surface area contributed by atoms with E-state index in [2.05, 4.69) is 5.32 Å². The van der Waals surface area contributed by atoms with Crippen molar-refractivity contribution in [1.29, 1.82) is 0 Å². The van der Waals surface area contributed by atoms with E-state index in [1.54, 1.807) is 25.1 Å². The number of fused-ring (bicyclic) bond motifs is 3.